The first-order valence-corrected chi connectivity index (χ1v) is 15.1. The van der Waals surface area contributed by atoms with Crippen LogP contribution in [-0.2, 0) is 30.5 Å². The van der Waals surface area contributed by atoms with E-state index in [-0.39, 0.29) is 25.4 Å². The minimum Gasteiger partial charge on any atom is -0.445 e. The Morgan fingerprint density at radius 3 is 1.91 bits per heavy atom. The van der Waals surface area contributed by atoms with E-state index >= 15 is 0 Å². The van der Waals surface area contributed by atoms with Crippen LogP contribution in [0.15, 0.2) is 30.3 Å². The SMILES string of the molecule is CCCN(CCC)C(=O)CC[C@H](NC(=O)[C@H](CC(C)C)NC(=O)[C@@H](NC(=O)OCc1ccccc1)C(C)C)C(=O)C(F)(F)F. The number of Topliss-reactive ketones (excluding diaryl/α,β-unsaturated/α-hetero) is 1. The first-order valence-electron chi connectivity index (χ1n) is 15.1. The van der Waals surface area contributed by atoms with Gasteiger partial charge in [0.2, 0.25) is 17.7 Å². The van der Waals surface area contributed by atoms with E-state index in [0.29, 0.717) is 25.9 Å². The van der Waals surface area contributed by atoms with Gasteiger partial charge in [-0.05, 0) is 43.1 Å². The summed E-state index contributed by atoms with van der Waals surface area (Å²) in [5.41, 5.74) is 0.731. The second-order valence-corrected chi connectivity index (χ2v) is 11.5. The number of hydrogen-bond donors (Lipinski definition) is 3. The molecule has 3 atom stereocenters. The average molecular weight is 629 g/mol. The molecule has 0 radical (unpaired) electrons. The molecule has 0 unspecified atom stereocenters. The van der Waals surface area contributed by atoms with Crippen molar-refractivity contribution in [1.82, 2.24) is 20.9 Å². The van der Waals surface area contributed by atoms with Crippen molar-refractivity contribution in [2.75, 3.05) is 13.1 Å². The summed E-state index contributed by atoms with van der Waals surface area (Å²) in [4.78, 5) is 65.4. The molecule has 0 spiro atoms. The minimum atomic E-state index is -5.25. The van der Waals surface area contributed by atoms with Crippen molar-refractivity contribution < 1.29 is 41.9 Å². The van der Waals surface area contributed by atoms with E-state index in [0.717, 1.165) is 5.56 Å². The minimum absolute atomic E-state index is 0.0352. The predicted molar refractivity (Wildman–Crippen MR) is 159 cm³/mol. The summed E-state index contributed by atoms with van der Waals surface area (Å²) in [5.74, 6) is -4.98. The van der Waals surface area contributed by atoms with E-state index in [2.05, 4.69) is 16.0 Å². The van der Waals surface area contributed by atoms with Crippen LogP contribution in [0.2, 0.25) is 0 Å². The molecule has 1 aromatic rings. The predicted octanol–water partition coefficient (Wildman–Crippen LogP) is 4.51. The van der Waals surface area contributed by atoms with Crippen molar-refractivity contribution in [1.29, 1.82) is 0 Å². The summed E-state index contributed by atoms with van der Waals surface area (Å²) in [7, 11) is 0. The summed E-state index contributed by atoms with van der Waals surface area (Å²) < 4.78 is 45.6. The number of carbonyl (C=O) groups is 5. The number of carbonyl (C=O) groups excluding carboxylic acids is 5. The monoisotopic (exact) mass is 628 g/mol. The lowest BCUT2D eigenvalue weighted by atomic mass is 9.99. The third-order valence-corrected chi connectivity index (χ3v) is 6.67. The second kappa shape index (κ2) is 18.9. The molecule has 44 heavy (non-hydrogen) atoms. The lowest BCUT2D eigenvalue weighted by molar-refractivity contribution is -0.174. The third kappa shape index (κ3) is 13.8. The number of alkyl carbamates (subject to hydrolysis) is 1. The number of hydrogen-bond acceptors (Lipinski definition) is 6. The Hall–Kier alpha value is -3.64. The van der Waals surface area contributed by atoms with Crippen molar-refractivity contribution in [2.45, 2.75) is 105 Å². The van der Waals surface area contributed by atoms with Gasteiger partial charge in [0.05, 0.1) is 6.04 Å². The van der Waals surface area contributed by atoms with Gasteiger partial charge in [0.1, 0.15) is 18.7 Å². The van der Waals surface area contributed by atoms with Crippen LogP contribution in [0.1, 0.15) is 79.2 Å². The third-order valence-electron chi connectivity index (χ3n) is 6.67. The van der Waals surface area contributed by atoms with E-state index in [9.17, 15) is 37.1 Å². The molecule has 0 bridgehead atoms. The van der Waals surface area contributed by atoms with E-state index in [1.54, 1.807) is 52.0 Å². The molecule has 0 saturated carbocycles. The highest BCUT2D eigenvalue weighted by molar-refractivity contribution is 5.96. The van der Waals surface area contributed by atoms with E-state index in [4.69, 9.17) is 4.74 Å². The van der Waals surface area contributed by atoms with Gasteiger partial charge in [-0.3, -0.25) is 19.2 Å². The van der Waals surface area contributed by atoms with Gasteiger partial charge in [0, 0.05) is 19.5 Å². The summed E-state index contributed by atoms with van der Waals surface area (Å²) in [6.07, 6.45) is -5.71. The number of alkyl halides is 3. The molecule has 13 heteroatoms. The Morgan fingerprint density at radius 2 is 1.41 bits per heavy atom. The highest BCUT2D eigenvalue weighted by atomic mass is 19.4. The Morgan fingerprint density at radius 1 is 0.841 bits per heavy atom. The van der Waals surface area contributed by atoms with E-state index < -0.39 is 66.2 Å². The van der Waals surface area contributed by atoms with Crippen LogP contribution >= 0.6 is 0 Å². The van der Waals surface area contributed by atoms with Gasteiger partial charge in [-0.15, -0.1) is 0 Å². The smallest absolute Gasteiger partial charge is 0.445 e. The number of amides is 4. The van der Waals surface area contributed by atoms with Crippen molar-refractivity contribution >= 4 is 29.6 Å². The molecule has 248 valence electrons. The topological polar surface area (TPSA) is 134 Å². The van der Waals surface area contributed by atoms with Crippen molar-refractivity contribution in [3.8, 4) is 0 Å². The van der Waals surface area contributed by atoms with Crippen LogP contribution < -0.4 is 16.0 Å². The van der Waals surface area contributed by atoms with E-state index in [1.165, 1.54) is 4.90 Å². The van der Waals surface area contributed by atoms with Crippen LogP contribution in [0.5, 0.6) is 0 Å². The average Bonchev–Trinajstić information content (AvgIpc) is 2.95. The van der Waals surface area contributed by atoms with Crippen LogP contribution in [-0.4, -0.2) is 71.9 Å². The molecule has 4 amide bonds. The zero-order chi connectivity index (χ0) is 33.4. The van der Waals surface area contributed by atoms with Crippen molar-refractivity contribution in [2.24, 2.45) is 11.8 Å². The van der Waals surface area contributed by atoms with Crippen LogP contribution in [0.25, 0.3) is 0 Å². The fourth-order valence-corrected chi connectivity index (χ4v) is 4.46. The van der Waals surface area contributed by atoms with Gasteiger partial charge in [-0.25, -0.2) is 4.79 Å². The maximum Gasteiger partial charge on any atom is 0.452 e. The number of halogens is 3. The number of nitrogens with one attached hydrogen (secondary N) is 3. The lowest BCUT2D eigenvalue weighted by Gasteiger charge is -2.28. The highest BCUT2D eigenvalue weighted by Crippen LogP contribution is 2.21. The largest absolute Gasteiger partial charge is 0.452 e. The van der Waals surface area contributed by atoms with E-state index in [1.807, 2.05) is 19.9 Å². The Kier molecular flexibility index (Phi) is 16.5. The van der Waals surface area contributed by atoms with Crippen molar-refractivity contribution in [3.05, 3.63) is 35.9 Å². The highest BCUT2D eigenvalue weighted by Gasteiger charge is 2.44. The number of nitrogens with zero attached hydrogens (tertiary/aromatic N) is 1. The van der Waals surface area contributed by atoms with Gasteiger partial charge in [0.15, 0.2) is 0 Å². The second-order valence-electron chi connectivity index (χ2n) is 11.5. The number of benzene rings is 1. The van der Waals surface area contributed by atoms with Crippen LogP contribution in [0.3, 0.4) is 0 Å². The zero-order valence-electron chi connectivity index (χ0n) is 26.5. The summed E-state index contributed by atoms with van der Waals surface area (Å²) in [5, 5.41) is 7.13. The molecular weight excluding hydrogens is 581 g/mol. The lowest BCUT2D eigenvalue weighted by Crippen LogP contribution is -2.58. The molecule has 0 saturated heterocycles. The standard InChI is InChI=1S/C31H47F3N4O6/c1-7-16-38(17-8-2)25(39)15-14-23(27(40)31(32,33)34)35-28(41)24(18-20(3)4)36-29(42)26(21(5)6)37-30(43)44-19-22-12-10-9-11-13-22/h9-13,20-21,23-24,26H,7-8,14-19H2,1-6H3,(H,35,41)(H,36,42)(H,37,43)/t23-,24-,26-/m0/s1. The molecule has 3 N–H and O–H groups in total. The molecule has 10 nitrogen and oxygen atoms in total. The molecule has 1 rings (SSSR count). The molecular formula is C31H47F3N4O6. The fourth-order valence-electron chi connectivity index (χ4n) is 4.46. The summed E-state index contributed by atoms with van der Waals surface area (Å²) >= 11 is 0. The summed E-state index contributed by atoms with van der Waals surface area (Å²) in [6, 6.07) is 4.41. The molecule has 0 fully saturated rings. The molecule has 0 aliphatic rings. The molecule has 1 aromatic carbocycles. The van der Waals surface area contributed by atoms with Gasteiger partial charge in [-0.1, -0.05) is 71.9 Å². The number of ketones is 1. The van der Waals surface area contributed by atoms with Crippen LogP contribution in [0, 0.1) is 11.8 Å². The Bertz CT molecular complexity index is 1080. The van der Waals surface area contributed by atoms with Gasteiger partial charge in [-0.2, -0.15) is 13.2 Å². The Labute approximate surface area is 257 Å². The zero-order valence-corrected chi connectivity index (χ0v) is 26.5. The summed E-state index contributed by atoms with van der Waals surface area (Å²) in [6.45, 7) is 11.4. The van der Waals surface area contributed by atoms with Crippen molar-refractivity contribution in [3.63, 3.8) is 0 Å². The first kappa shape index (κ1) is 38.4. The maximum atomic E-state index is 13.5. The quantitative estimate of drug-likeness (QED) is 0.219. The van der Waals surface area contributed by atoms with Crippen LogP contribution in [0.4, 0.5) is 18.0 Å². The molecule has 0 aliphatic carbocycles. The molecule has 0 aliphatic heterocycles. The maximum absolute atomic E-state index is 13.5. The van der Waals surface area contributed by atoms with Gasteiger partial charge in [0.25, 0.3) is 5.78 Å². The molecule has 0 aromatic heterocycles. The number of ether oxygens (including phenoxy) is 1. The number of rotatable bonds is 18. The first-order chi connectivity index (χ1) is 20.6. The Balaban J connectivity index is 3.04. The fraction of sp³-hybridized carbons (Fsp3) is 0.645. The van der Waals surface area contributed by atoms with Gasteiger partial charge >= 0.3 is 12.3 Å². The molecule has 0 heterocycles. The van der Waals surface area contributed by atoms with Gasteiger partial charge < -0.3 is 25.6 Å². The normalized spacial score (nSPS) is 13.5.